The average molecular weight is 510 g/mol. The molecule has 170 valence electrons. The number of nitriles is 1. The molecule has 0 saturated carbocycles. The van der Waals surface area contributed by atoms with Gasteiger partial charge in [0, 0.05) is 0 Å². The lowest BCUT2D eigenvalue weighted by Crippen LogP contribution is -2.20. The molecule has 9 heteroatoms. The molecule has 3 aromatic carbocycles. The fraction of sp³-hybridized carbons (Fsp3) is 0.0800. The van der Waals surface area contributed by atoms with Gasteiger partial charge in [0.2, 0.25) is 0 Å². The zero-order valence-electron chi connectivity index (χ0n) is 17.8. The first kappa shape index (κ1) is 23.6. The van der Waals surface area contributed by atoms with Gasteiger partial charge in [-0.05, 0) is 48.0 Å². The average Bonchev–Trinajstić information content (AvgIpc) is 3.28. The highest BCUT2D eigenvalue weighted by atomic mass is 35.5. The van der Waals surface area contributed by atoms with E-state index in [1.165, 1.54) is 18.4 Å². The van der Waals surface area contributed by atoms with E-state index < -0.39 is 5.91 Å². The maximum atomic E-state index is 12.3. The first-order valence-electron chi connectivity index (χ1n) is 10.0. The molecule has 1 N–H and O–H groups in total. The number of hydrogen-bond acceptors (Lipinski definition) is 6. The molecular weight excluding hydrogens is 493 g/mol. The summed E-state index contributed by atoms with van der Waals surface area (Å²) in [5.41, 5.74) is 2.34. The van der Waals surface area contributed by atoms with Crippen molar-refractivity contribution < 1.29 is 14.3 Å². The highest BCUT2D eigenvalue weighted by molar-refractivity contribution is 7.19. The zero-order valence-corrected chi connectivity index (χ0v) is 20.2. The molecule has 0 aliphatic heterocycles. The van der Waals surface area contributed by atoms with Gasteiger partial charge in [-0.2, -0.15) is 5.26 Å². The Morgan fingerprint density at radius 3 is 2.59 bits per heavy atom. The highest BCUT2D eigenvalue weighted by Gasteiger charge is 2.13. The topological polar surface area (TPSA) is 84.2 Å². The van der Waals surface area contributed by atoms with Gasteiger partial charge >= 0.3 is 0 Å². The van der Waals surface area contributed by atoms with Gasteiger partial charge in [0.05, 0.1) is 38.6 Å². The van der Waals surface area contributed by atoms with Crippen molar-refractivity contribution in [2.45, 2.75) is 0 Å². The molecule has 0 unspecified atom stereocenters. The van der Waals surface area contributed by atoms with Gasteiger partial charge < -0.3 is 14.8 Å². The number of carbonyl (C=O) groups excluding carboxylic acids is 1. The Hall–Kier alpha value is -3.57. The second kappa shape index (κ2) is 10.6. The quantitative estimate of drug-likeness (QED) is 0.280. The number of allylic oxidation sites excluding steroid dienone is 1. The number of aromatic nitrogens is 1. The largest absolute Gasteiger partial charge is 0.493 e. The third kappa shape index (κ3) is 5.32. The minimum absolute atomic E-state index is 0.276. The van der Waals surface area contributed by atoms with Gasteiger partial charge in [0.25, 0.3) is 5.91 Å². The lowest BCUT2D eigenvalue weighted by molar-refractivity contribution is -0.118. The number of carbonyl (C=O) groups is 1. The number of benzene rings is 3. The van der Waals surface area contributed by atoms with Gasteiger partial charge in [-0.15, -0.1) is 11.3 Å². The number of para-hydroxylation sites is 2. The van der Waals surface area contributed by atoms with Gasteiger partial charge in [-0.3, -0.25) is 4.79 Å². The third-order valence-electron chi connectivity index (χ3n) is 4.73. The molecule has 0 bridgehead atoms. The van der Waals surface area contributed by atoms with Crippen LogP contribution in [0.4, 0.5) is 5.69 Å². The smallest absolute Gasteiger partial charge is 0.262 e. The van der Waals surface area contributed by atoms with Crippen LogP contribution in [0.1, 0.15) is 10.6 Å². The number of methoxy groups -OCH3 is 1. The second-order valence-corrected chi connectivity index (χ2v) is 8.85. The molecule has 6 nitrogen and oxygen atoms in total. The van der Waals surface area contributed by atoms with E-state index in [0.717, 1.165) is 15.8 Å². The summed E-state index contributed by atoms with van der Waals surface area (Å²) in [6, 6.07) is 20.1. The van der Waals surface area contributed by atoms with Crippen LogP contribution in [0.3, 0.4) is 0 Å². The summed E-state index contributed by atoms with van der Waals surface area (Å²) in [6.07, 6.45) is 1.73. The Morgan fingerprint density at radius 2 is 1.88 bits per heavy atom. The number of amides is 1. The van der Waals surface area contributed by atoms with Crippen molar-refractivity contribution in [3.63, 3.8) is 0 Å². The number of nitrogens with one attached hydrogen (secondary N) is 1. The van der Waals surface area contributed by atoms with Crippen molar-refractivity contribution in [1.29, 1.82) is 5.26 Å². The zero-order chi connectivity index (χ0) is 24.1. The third-order valence-corrected chi connectivity index (χ3v) is 6.43. The maximum absolute atomic E-state index is 12.3. The van der Waals surface area contributed by atoms with Crippen molar-refractivity contribution >= 4 is 68.0 Å². The fourth-order valence-corrected chi connectivity index (χ4v) is 4.55. The molecule has 1 amide bonds. The first-order valence-corrected chi connectivity index (χ1v) is 11.6. The van der Waals surface area contributed by atoms with Crippen LogP contribution in [0.15, 0.2) is 60.7 Å². The summed E-state index contributed by atoms with van der Waals surface area (Å²) in [6.45, 7) is -0.276. The van der Waals surface area contributed by atoms with E-state index in [2.05, 4.69) is 16.4 Å². The molecule has 0 spiro atoms. The molecule has 4 rings (SSSR count). The summed E-state index contributed by atoms with van der Waals surface area (Å²) in [4.78, 5) is 16.9. The Labute approximate surface area is 210 Å². The van der Waals surface area contributed by atoms with Crippen molar-refractivity contribution in [2.24, 2.45) is 0 Å². The predicted molar refractivity (Wildman–Crippen MR) is 137 cm³/mol. The van der Waals surface area contributed by atoms with Crippen molar-refractivity contribution in [3.05, 3.63) is 81.3 Å². The molecule has 4 aromatic rings. The Kier molecular flexibility index (Phi) is 7.33. The molecule has 0 aliphatic carbocycles. The molecule has 34 heavy (non-hydrogen) atoms. The van der Waals surface area contributed by atoms with E-state index in [0.29, 0.717) is 37.8 Å². The number of hydrogen-bond donors (Lipinski definition) is 1. The van der Waals surface area contributed by atoms with E-state index in [-0.39, 0.29) is 6.61 Å². The van der Waals surface area contributed by atoms with Crippen LogP contribution in [0.25, 0.3) is 21.9 Å². The molecule has 1 aromatic heterocycles. The van der Waals surface area contributed by atoms with Gasteiger partial charge in [0.1, 0.15) is 11.1 Å². The molecule has 1 heterocycles. The minimum Gasteiger partial charge on any atom is -0.493 e. The number of fused-ring (bicyclic) bond motifs is 1. The summed E-state index contributed by atoms with van der Waals surface area (Å²) in [7, 11) is 1.50. The Morgan fingerprint density at radius 1 is 1.12 bits per heavy atom. The SMILES string of the molecule is COc1cc(/C=C(\C#N)c2nc3ccccc3s2)ccc1OCC(=O)Nc1c(Cl)cccc1Cl. The number of rotatable bonds is 7. The Balaban J connectivity index is 1.49. The van der Waals surface area contributed by atoms with Gasteiger partial charge in [-0.1, -0.05) is 47.5 Å². The number of thiazole rings is 1. The normalized spacial score (nSPS) is 11.2. The van der Waals surface area contributed by atoms with Crippen molar-refractivity contribution in [3.8, 4) is 17.6 Å². The number of nitrogens with zero attached hydrogens (tertiary/aromatic N) is 2. The van der Waals surface area contributed by atoms with Crippen LogP contribution >= 0.6 is 34.5 Å². The summed E-state index contributed by atoms with van der Waals surface area (Å²) in [5, 5.41) is 13.6. The van der Waals surface area contributed by atoms with Crippen LogP contribution in [-0.4, -0.2) is 24.6 Å². The van der Waals surface area contributed by atoms with Crippen molar-refractivity contribution in [1.82, 2.24) is 4.98 Å². The highest BCUT2D eigenvalue weighted by Crippen LogP contribution is 2.32. The van der Waals surface area contributed by atoms with Crippen LogP contribution < -0.4 is 14.8 Å². The molecule has 0 atom stereocenters. The van der Waals surface area contributed by atoms with E-state index >= 15 is 0 Å². The molecule has 0 aliphatic rings. The summed E-state index contributed by atoms with van der Waals surface area (Å²) in [5.74, 6) is 0.362. The number of ether oxygens (including phenoxy) is 2. The van der Waals surface area contributed by atoms with Crippen molar-refractivity contribution in [2.75, 3.05) is 19.0 Å². The Bertz CT molecular complexity index is 1390. The van der Waals surface area contributed by atoms with Crippen LogP contribution in [0, 0.1) is 11.3 Å². The first-order chi connectivity index (χ1) is 16.5. The predicted octanol–water partition coefficient (Wildman–Crippen LogP) is 6.69. The maximum Gasteiger partial charge on any atom is 0.262 e. The minimum atomic E-state index is -0.427. The van der Waals surface area contributed by atoms with E-state index in [1.54, 1.807) is 42.5 Å². The van der Waals surface area contributed by atoms with E-state index in [1.807, 2.05) is 24.3 Å². The fourth-order valence-electron chi connectivity index (χ4n) is 3.13. The lowest BCUT2D eigenvalue weighted by atomic mass is 10.1. The number of halogens is 2. The monoisotopic (exact) mass is 509 g/mol. The van der Waals surface area contributed by atoms with Crippen LogP contribution in [0.5, 0.6) is 11.5 Å². The number of anilines is 1. The standard InChI is InChI=1S/C25H17Cl2N3O3S/c1-32-21-12-15(11-16(13-28)25-29-19-7-2-3-8-22(19)34-25)9-10-20(21)33-14-23(31)30-24-17(26)5-4-6-18(24)27/h2-12H,14H2,1H3,(H,30,31)/b16-11+. The summed E-state index contributed by atoms with van der Waals surface area (Å²) >= 11 is 13.6. The molecule has 0 saturated heterocycles. The second-order valence-electron chi connectivity index (χ2n) is 7.00. The molecular formula is C25H17Cl2N3O3S. The van der Waals surface area contributed by atoms with Crippen LogP contribution in [-0.2, 0) is 4.79 Å². The molecule has 0 fully saturated rings. The molecule has 0 radical (unpaired) electrons. The van der Waals surface area contributed by atoms with Gasteiger partial charge in [-0.25, -0.2) is 4.98 Å². The van der Waals surface area contributed by atoms with Gasteiger partial charge in [0.15, 0.2) is 18.1 Å². The van der Waals surface area contributed by atoms with Crippen LogP contribution in [0.2, 0.25) is 10.0 Å². The van der Waals surface area contributed by atoms with E-state index in [4.69, 9.17) is 32.7 Å². The lowest BCUT2D eigenvalue weighted by Gasteiger charge is -2.12. The van der Waals surface area contributed by atoms with E-state index in [9.17, 15) is 10.1 Å². The summed E-state index contributed by atoms with van der Waals surface area (Å²) < 4.78 is 12.1.